The minimum absolute atomic E-state index is 0.341. The number of benzene rings is 1. The van der Waals surface area contributed by atoms with E-state index >= 15 is 0 Å². The monoisotopic (exact) mass is 308 g/mol. The summed E-state index contributed by atoms with van der Waals surface area (Å²) in [5, 5.41) is 17.7. The van der Waals surface area contributed by atoms with E-state index in [0.717, 1.165) is 8.95 Å². The fourth-order valence-corrected chi connectivity index (χ4v) is 2.20. The van der Waals surface area contributed by atoms with E-state index in [1.54, 1.807) is 18.2 Å². The summed E-state index contributed by atoms with van der Waals surface area (Å²) in [6.45, 7) is 0. The molecule has 70 valence electrons. The zero-order chi connectivity index (χ0) is 10.0. The van der Waals surface area contributed by atoms with Gasteiger partial charge in [-0.2, -0.15) is 0 Å². The number of carboxylic acids is 1. The third-order valence-electron chi connectivity index (χ3n) is 1.43. The van der Waals surface area contributed by atoms with Gasteiger partial charge in [0.2, 0.25) is 0 Å². The van der Waals surface area contributed by atoms with Gasteiger partial charge in [0.25, 0.3) is 0 Å². The Bertz CT molecular complexity index is 318. The molecule has 1 unspecified atom stereocenters. The van der Waals surface area contributed by atoms with Gasteiger partial charge in [-0.3, -0.25) is 0 Å². The quantitative estimate of drug-likeness (QED) is 0.881. The van der Waals surface area contributed by atoms with Crippen LogP contribution in [0.4, 0.5) is 0 Å². The molecule has 0 aliphatic rings. The van der Waals surface area contributed by atoms with E-state index in [1.807, 2.05) is 0 Å². The van der Waals surface area contributed by atoms with Crippen LogP contribution < -0.4 is 0 Å². The molecule has 0 fully saturated rings. The Kier molecular flexibility index (Phi) is 3.47. The van der Waals surface area contributed by atoms with Gasteiger partial charge < -0.3 is 10.2 Å². The van der Waals surface area contributed by atoms with Crippen LogP contribution in [-0.4, -0.2) is 16.2 Å². The highest BCUT2D eigenvalue weighted by atomic mass is 79.9. The van der Waals surface area contributed by atoms with Gasteiger partial charge in [0, 0.05) is 8.95 Å². The van der Waals surface area contributed by atoms with Crippen LogP contribution in [0, 0.1) is 0 Å². The van der Waals surface area contributed by atoms with Crippen molar-refractivity contribution in [2.75, 3.05) is 0 Å². The van der Waals surface area contributed by atoms with E-state index in [4.69, 9.17) is 5.11 Å². The number of halogens is 2. The average molecular weight is 310 g/mol. The van der Waals surface area contributed by atoms with Crippen LogP contribution in [0.1, 0.15) is 11.7 Å². The maximum absolute atomic E-state index is 10.4. The van der Waals surface area contributed by atoms with Crippen molar-refractivity contribution in [3.05, 3.63) is 32.7 Å². The first kappa shape index (κ1) is 10.7. The summed E-state index contributed by atoms with van der Waals surface area (Å²) in [5.74, 6) is -1.26. The molecular formula is C8H6Br2O3. The highest BCUT2D eigenvalue weighted by Gasteiger charge is 2.16. The zero-order valence-corrected chi connectivity index (χ0v) is 9.54. The minimum atomic E-state index is -1.48. The van der Waals surface area contributed by atoms with Crippen LogP contribution >= 0.6 is 31.9 Å². The molecule has 0 aliphatic heterocycles. The number of aliphatic hydroxyl groups excluding tert-OH is 1. The van der Waals surface area contributed by atoms with Gasteiger partial charge in [0.1, 0.15) is 0 Å². The molecule has 1 aromatic carbocycles. The number of aliphatic carboxylic acids is 1. The van der Waals surface area contributed by atoms with Gasteiger partial charge in [-0.25, -0.2) is 4.79 Å². The molecule has 1 rings (SSSR count). The number of carboxylic acid groups (broad SMARTS) is 1. The molecule has 1 atom stereocenters. The lowest BCUT2D eigenvalue weighted by atomic mass is 10.1. The largest absolute Gasteiger partial charge is 0.479 e. The molecule has 13 heavy (non-hydrogen) atoms. The summed E-state index contributed by atoms with van der Waals surface area (Å²) < 4.78 is 1.44. The summed E-state index contributed by atoms with van der Waals surface area (Å²) in [6, 6.07) is 4.88. The smallest absolute Gasteiger partial charge is 0.337 e. The Morgan fingerprint density at radius 2 is 1.69 bits per heavy atom. The molecule has 2 N–H and O–H groups in total. The van der Waals surface area contributed by atoms with Crippen LogP contribution in [-0.2, 0) is 4.79 Å². The van der Waals surface area contributed by atoms with Gasteiger partial charge in [0.15, 0.2) is 6.10 Å². The van der Waals surface area contributed by atoms with Gasteiger partial charge >= 0.3 is 5.97 Å². The Balaban J connectivity index is 3.07. The summed E-state index contributed by atoms with van der Waals surface area (Å²) in [4.78, 5) is 10.4. The lowest BCUT2D eigenvalue weighted by molar-refractivity contribution is -0.146. The summed E-state index contributed by atoms with van der Waals surface area (Å²) in [5.41, 5.74) is 0.341. The van der Waals surface area contributed by atoms with Crippen molar-refractivity contribution in [3.8, 4) is 0 Å². The van der Waals surface area contributed by atoms with Crippen LogP contribution in [0.25, 0.3) is 0 Å². The highest BCUT2D eigenvalue weighted by Crippen LogP contribution is 2.24. The fourth-order valence-electron chi connectivity index (χ4n) is 0.876. The molecule has 0 amide bonds. The highest BCUT2D eigenvalue weighted by molar-refractivity contribution is 9.11. The summed E-state index contributed by atoms with van der Waals surface area (Å²) in [6.07, 6.45) is -1.48. The maximum atomic E-state index is 10.4. The van der Waals surface area contributed by atoms with E-state index < -0.39 is 12.1 Å². The van der Waals surface area contributed by atoms with E-state index in [9.17, 15) is 9.90 Å². The molecule has 1 aromatic rings. The molecule has 0 radical (unpaired) electrons. The van der Waals surface area contributed by atoms with Gasteiger partial charge in [-0.1, -0.05) is 31.9 Å². The van der Waals surface area contributed by atoms with Crippen LogP contribution in [0.15, 0.2) is 27.1 Å². The molecule has 0 aromatic heterocycles. The maximum Gasteiger partial charge on any atom is 0.337 e. The molecule has 5 heteroatoms. The third-order valence-corrected chi connectivity index (χ3v) is 2.35. The van der Waals surface area contributed by atoms with E-state index in [0.29, 0.717) is 5.56 Å². The van der Waals surface area contributed by atoms with E-state index in [-0.39, 0.29) is 0 Å². The standard InChI is InChI=1S/C8H6Br2O3/c9-5-1-4(2-6(10)3-5)7(11)8(12)13/h1-3,7,11H,(H,12,13). The fraction of sp³-hybridized carbons (Fsp3) is 0.125. The van der Waals surface area contributed by atoms with Gasteiger partial charge in [0.05, 0.1) is 0 Å². The lowest BCUT2D eigenvalue weighted by Crippen LogP contribution is -2.10. The molecule has 0 spiro atoms. The SMILES string of the molecule is O=C(O)C(O)c1cc(Br)cc(Br)c1. The summed E-state index contributed by atoms with van der Waals surface area (Å²) in [7, 11) is 0. The molecule has 0 saturated carbocycles. The van der Waals surface area contributed by atoms with Gasteiger partial charge in [-0.05, 0) is 23.8 Å². The molecule has 0 bridgehead atoms. The average Bonchev–Trinajstić information content (AvgIpc) is 2.01. The predicted octanol–water partition coefficient (Wildman–Crippen LogP) is 2.33. The third kappa shape index (κ3) is 2.79. The van der Waals surface area contributed by atoms with Crippen LogP contribution in [0.2, 0.25) is 0 Å². The molecular weight excluding hydrogens is 304 g/mol. The summed E-state index contributed by atoms with van der Waals surface area (Å²) >= 11 is 6.39. The Morgan fingerprint density at radius 3 is 2.08 bits per heavy atom. The second kappa shape index (κ2) is 4.21. The number of aliphatic hydroxyl groups is 1. The first-order chi connectivity index (χ1) is 6.00. The van der Waals surface area contributed by atoms with Crippen molar-refractivity contribution in [3.63, 3.8) is 0 Å². The van der Waals surface area contributed by atoms with Crippen LogP contribution in [0.5, 0.6) is 0 Å². The predicted molar refractivity (Wildman–Crippen MR) is 54.4 cm³/mol. The normalized spacial score (nSPS) is 12.5. The Labute approximate surface area is 91.6 Å². The minimum Gasteiger partial charge on any atom is -0.479 e. The van der Waals surface area contributed by atoms with Gasteiger partial charge in [-0.15, -0.1) is 0 Å². The number of carbonyl (C=O) groups is 1. The number of hydrogen-bond donors (Lipinski definition) is 2. The second-order valence-electron chi connectivity index (χ2n) is 2.44. The Hall–Kier alpha value is -0.390. The second-order valence-corrected chi connectivity index (χ2v) is 4.27. The van der Waals surface area contributed by atoms with Crippen molar-refractivity contribution in [1.82, 2.24) is 0 Å². The first-order valence-corrected chi connectivity index (χ1v) is 4.96. The van der Waals surface area contributed by atoms with Crippen molar-refractivity contribution >= 4 is 37.8 Å². The van der Waals surface area contributed by atoms with Crippen LogP contribution in [0.3, 0.4) is 0 Å². The number of hydrogen-bond acceptors (Lipinski definition) is 2. The van der Waals surface area contributed by atoms with E-state index in [2.05, 4.69) is 31.9 Å². The zero-order valence-electron chi connectivity index (χ0n) is 6.37. The van der Waals surface area contributed by atoms with Crippen molar-refractivity contribution in [2.24, 2.45) is 0 Å². The Morgan fingerprint density at radius 1 is 1.23 bits per heavy atom. The molecule has 0 heterocycles. The topological polar surface area (TPSA) is 57.5 Å². The van der Waals surface area contributed by atoms with Crippen molar-refractivity contribution in [1.29, 1.82) is 0 Å². The van der Waals surface area contributed by atoms with E-state index in [1.165, 1.54) is 0 Å². The van der Waals surface area contributed by atoms with Crippen molar-refractivity contribution in [2.45, 2.75) is 6.10 Å². The molecule has 0 saturated heterocycles. The lowest BCUT2D eigenvalue weighted by Gasteiger charge is -2.06. The number of rotatable bonds is 2. The van der Waals surface area contributed by atoms with Crippen molar-refractivity contribution < 1.29 is 15.0 Å². The first-order valence-electron chi connectivity index (χ1n) is 3.37. The molecule has 3 nitrogen and oxygen atoms in total. The molecule has 0 aliphatic carbocycles.